The van der Waals surface area contributed by atoms with Crippen LogP contribution in [0.4, 0.5) is 0 Å². The van der Waals surface area contributed by atoms with Crippen molar-refractivity contribution in [2.24, 2.45) is 0 Å². The maximum atomic E-state index is 6.12. The highest BCUT2D eigenvalue weighted by molar-refractivity contribution is 6.31. The molecule has 0 radical (unpaired) electrons. The van der Waals surface area contributed by atoms with Crippen molar-refractivity contribution in [3.8, 4) is 11.5 Å². The number of aromatic nitrogens is 1. The highest BCUT2D eigenvalue weighted by Crippen LogP contribution is 2.29. The molecule has 0 bridgehead atoms. The normalized spacial score (nSPS) is 16.0. The van der Waals surface area contributed by atoms with Crippen LogP contribution >= 0.6 is 11.6 Å². The second-order valence-electron chi connectivity index (χ2n) is 6.49. The smallest absolute Gasteiger partial charge is 0.192 e. The molecule has 144 valence electrons. The number of nitrogens with zero attached hydrogens (tertiary/aromatic N) is 2. The van der Waals surface area contributed by atoms with E-state index in [9.17, 15) is 0 Å². The van der Waals surface area contributed by atoms with Gasteiger partial charge in [0.05, 0.1) is 26.0 Å². The van der Waals surface area contributed by atoms with Crippen molar-refractivity contribution in [3.05, 3.63) is 40.7 Å². The van der Waals surface area contributed by atoms with Crippen molar-refractivity contribution in [1.29, 1.82) is 0 Å². The molecule has 1 aliphatic heterocycles. The van der Waals surface area contributed by atoms with Crippen molar-refractivity contribution in [1.82, 2.24) is 5.16 Å². The van der Waals surface area contributed by atoms with E-state index in [1.165, 1.54) is 0 Å². The van der Waals surface area contributed by atoms with Gasteiger partial charge in [-0.3, -0.25) is 0 Å². The summed E-state index contributed by atoms with van der Waals surface area (Å²) < 4.78 is 23.4. The van der Waals surface area contributed by atoms with Gasteiger partial charge in [-0.25, -0.2) is 0 Å². The second kappa shape index (κ2) is 9.77. The standard InChI is InChI=1S/C18H24ClN2O4.HI/c1-14-18(19)17(25-20-14)13-24-16-6-4-3-5-15(16)23-12-9-21(2)7-10-22-11-8-21;/h3-6H,7-13H2,1-2H3;1H/q+1;/p-1. The van der Waals surface area contributed by atoms with E-state index in [1.807, 2.05) is 24.3 Å². The molecule has 6 nitrogen and oxygen atoms in total. The fraction of sp³-hybridized carbons (Fsp3) is 0.500. The molecule has 3 rings (SSSR count). The van der Waals surface area contributed by atoms with Gasteiger partial charge < -0.3 is 47.2 Å². The molecule has 1 aliphatic rings. The summed E-state index contributed by atoms with van der Waals surface area (Å²) in [7, 11) is 2.24. The van der Waals surface area contributed by atoms with E-state index in [4.69, 9.17) is 30.3 Å². The minimum absolute atomic E-state index is 0. The Hall–Kier alpha value is -1.03. The van der Waals surface area contributed by atoms with Gasteiger partial charge in [0.25, 0.3) is 0 Å². The molecule has 0 saturated carbocycles. The van der Waals surface area contributed by atoms with Crippen LogP contribution in [0.5, 0.6) is 11.5 Å². The van der Waals surface area contributed by atoms with E-state index in [0.29, 0.717) is 28.8 Å². The lowest BCUT2D eigenvalue weighted by Gasteiger charge is -2.37. The lowest BCUT2D eigenvalue weighted by atomic mass is 10.3. The minimum Gasteiger partial charge on any atom is -1.00 e. The molecule has 26 heavy (non-hydrogen) atoms. The van der Waals surface area contributed by atoms with E-state index in [1.54, 1.807) is 6.92 Å². The average molecular weight is 495 g/mol. The lowest BCUT2D eigenvalue weighted by Crippen LogP contribution is -3.00. The molecule has 1 fully saturated rings. The summed E-state index contributed by atoms with van der Waals surface area (Å²) in [6.45, 7) is 7.23. The quantitative estimate of drug-likeness (QED) is 0.403. The highest BCUT2D eigenvalue weighted by Gasteiger charge is 2.25. The van der Waals surface area contributed by atoms with Gasteiger partial charge in [0.1, 0.15) is 31.3 Å². The zero-order chi connectivity index (χ0) is 17.7. The fourth-order valence-corrected chi connectivity index (χ4v) is 2.83. The van der Waals surface area contributed by atoms with Crippen LogP contribution in [0.3, 0.4) is 0 Å². The average Bonchev–Trinajstić information content (AvgIpc) is 2.93. The van der Waals surface area contributed by atoms with Gasteiger partial charge in [0.15, 0.2) is 23.9 Å². The van der Waals surface area contributed by atoms with E-state index in [0.717, 1.165) is 43.1 Å². The molecule has 0 atom stereocenters. The molecule has 2 heterocycles. The predicted molar refractivity (Wildman–Crippen MR) is 94.1 cm³/mol. The first-order chi connectivity index (χ1) is 12.1. The van der Waals surface area contributed by atoms with Crippen molar-refractivity contribution in [2.75, 3.05) is 46.5 Å². The van der Waals surface area contributed by atoms with Crippen LogP contribution in [0, 0.1) is 6.92 Å². The number of hydrogen-bond donors (Lipinski definition) is 0. The third-order valence-corrected chi connectivity index (χ3v) is 4.99. The molecule has 2 aromatic rings. The molecular weight excluding hydrogens is 471 g/mol. The van der Waals surface area contributed by atoms with Crippen molar-refractivity contribution in [2.45, 2.75) is 13.5 Å². The van der Waals surface area contributed by atoms with Crippen LogP contribution in [0.15, 0.2) is 28.8 Å². The fourth-order valence-electron chi connectivity index (χ4n) is 2.71. The zero-order valence-corrected chi connectivity index (χ0v) is 18.0. The van der Waals surface area contributed by atoms with Gasteiger partial charge in [-0.2, -0.15) is 0 Å². The van der Waals surface area contributed by atoms with Gasteiger partial charge in [0, 0.05) is 0 Å². The number of likely N-dealkylation sites (N-methyl/N-ethyl adjacent to an activating group) is 1. The SMILES string of the molecule is Cc1noc(COc2ccccc2OCC[N+]2(C)CCOCC2)c1Cl.[I-]. The van der Waals surface area contributed by atoms with Crippen LogP contribution < -0.4 is 33.5 Å². The number of morpholine rings is 1. The molecule has 0 amide bonds. The number of halogens is 2. The minimum atomic E-state index is 0. The number of benzene rings is 1. The Kier molecular flexibility index (Phi) is 8.00. The van der Waals surface area contributed by atoms with Gasteiger partial charge in [-0.15, -0.1) is 0 Å². The van der Waals surface area contributed by atoms with Crippen LogP contribution in [0.1, 0.15) is 11.5 Å². The molecule has 0 aliphatic carbocycles. The zero-order valence-electron chi connectivity index (χ0n) is 15.0. The Morgan fingerprint density at radius 3 is 2.42 bits per heavy atom. The van der Waals surface area contributed by atoms with Crippen molar-refractivity contribution in [3.63, 3.8) is 0 Å². The summed E-state index contributed by atoms with van der Waals surface area (Å²) in [6.07, 6.45) is 0. The van der Waals surface area contributed by atoms with Gasteiger partial charge in [0.2, 0.25) is 0 Å². The maximum absolute atomic E-state index is 6.12. The highest BCUT2D eigenvalue weighted by atomic mass is 127. The molecule has 0 spiro atoms. The lowest BCUT2D eigenvalue weighted by molar-refractivity contribution is -0.916. The Labute approximate surface area is 175 Å². The summed E-state index contributed by atoms with van der Waals surface area (Å²) in [5.74, 6) is 1.90. The first kappa shape index (κ1) is 21.3. The monoisotopic (exact) mass is 494 g/mol. The second-order valence-corrected chi connectivity index (χ2v) is 6.87. The number of para-hydroxylation sites is 2. The summed E-state index contributed by atoms with van der Waals surface area (Å²) >= 11 is 6.12. The van der Waals surface area contributed by atoms with Gasteiger partial charge in [-0.1, -0.05) is 28.9 Å². The molecule has 1 saturated heterocycles. The molecule has 8 heteroatoms. The third kappa shape index (κ3) is 5.48. The largest absolute Gasteiger partial charge is 1.00 e. The van der Waals surface area contributed by atoms with E-state index in [2.05, 4.69) is 12.2 Å². The number of quaternary nitrogens is 1. The van der Waals surface area contributed by atoms with Crippen molar-refractivity contribution >= 4 is 11.6 Å². The van der Waals surface area contributed by atoms with Crippen LogP contribution in [-0.2, 0) is 11.3 Å². The molecular formula is C18H24ClIN2O4. The van der Waals surface area contributed by atoms with Gasteiger partial charge >= 0.3 is 0 Å². The van der Waals surface area contributed by atoms with E-state index < -0.39 is 0 Å². The predicted octanol–water partition coefficient (Wildman–Crippen LogP) is 0.0750. The summed E-state index contributed by atoms with van der Waals surface area (Å²) in [6, 6.07) is 7.61. The molecule has 1 aromatic carbocycles. The van der Waals surface area contributed by atoms with Crippen LogP contribution in [0.25, 0.3) is 0 Å². The number of ether oxygens (including phenoxy) is 3. The Morgan fingerprint density at radius 1 is 1.15 bits per heavy atom. The number of aryl methyl sites for hydroxylation is 1. The number of hydrogen-bond acceptors (Lipinski definition) is 5. The van der Waals surface area contributed by atoms with Crippen molar-refractivity contribution < 1.29 is 47.2 Å². The van der Waals surface area contributed by atoms with Gasteiger partial charge in [-0.05, 0) is 19.1 Å². The Balaban J connectivity index is 0.00000243. The first-order valence-corrected chi connectivity index (χ1v) is 8.82. The topological polar surface area (TPSA) is 53.7 Å². The summed E-state index contributed by atoms with van der Waals surface area (Å²) in [4.78, 5) is 0. The molecule has 1 aromatic heterocycles. The van der Waals surface area contributed by atoms with Crippen LogP contribution in [0.2, 0.25) is 5.02 Å². The van der Waals surface area contributed by atoms with Crippen LogP contribution in [-0.4, -0.2) is 56.1 Å². The molecule has 0 unspecified atom stereocenters. The van der Waals surface area contributed by atoms with E-state index >= 15 is 0 Å². The van der Waals surface area contributed by atoms with E-state index in [-0.39, 0.29) is 30.6 Å². The summed E-state index contributed by atoms with van der Waals surface area (Å²) in [5, 5.41) is 4.33. The number of rotatable bonds is 7. The third-order valence-electron chi connectivity index (χ3n) is 4.50. The Bertz CT molecular complexity index is 704. The Morgan fingerprint density at radius 2 is 1.81 bits per heavy atom. The first-order valence-electron chi connectivity index (χ1n) is 8.44. The maximum Gasteiger partial charge on any atom is 0.192 e. The molecule has 0 N–H and O–H groups in total. The summed E-state index contributed by atoms with van der Waals surface area (Å²) in [5.41, 5.74) is 0.660.